The van der Waals surface area contributed by atoms with Crippen molar-refractivity contribution in [2.75, 3.05) is 13.0 Å². The first kappa shape index (κ1) is 23.7. The minimum Gasteiger partial charge on any atom is -0.368 e. The minimum atomic E-state index is -3.37. The lowest BCUT2D eigenvalue weighted by atomic mass is 9.93. The van der Waals surface area contributed by atoms with Crippen LogP contribution in [0.5, 0.6) is 0 Å². The molecule has 1 aliphatic rings. The topological polar surface area (TPSA) is 99.6 Å². The van der Waals surface area contributed by atoms with Gasteiger partial charge in [0.25, 0.3) is 5.56 Å². The molecular formula is C22H31N2O6P. The van der Waals surface area contributed by atoms with Crippen LogP contribution in [0, 0.1) is 5.92 Å². The second-order valence-electron chi connectivity index (χ2n) is 8.58. The summed E-state index contributed by atoms with van der Waals surface area (Å²) in [6.07, 6.45) is 1.71. The van der Waals surface area contributed by atoms with Gasteiger partial charge in [0, 0.05) is 24.2 Å². The summed E-state index contributed by atoms with van der Waals surface area (Å²) < 4.78 is 31.4. The Balaban J connectivity index is 1.73. The lowest BCUT2D eigenvalue weighted by Gasteiger charge is -2.23. The van der Waals surface area contributed by atoms with E-state index in [-0.39, 0.29) is 29.9 Å². The molecule has 8 nitrogen and oxygen atoms in total. The molecule has 9 heteroatoms. The highest BCUT2D eigenvalue weighted by Crippen LogP contribution is 2.56. The molecule has 1 N–H and O–H groups in total. The Bertz CT molecular complexity index is 1020. The molecular weight excluding hydrogens is 419 g/mol. The van der Waals surface area contributed by atoms with Crippen molar-refractivity contribution in [2.45, 2.75) is 58.3 Å². The molecule has 2 aromatic rings. The van der Waals surface area contributed by atoms with Gasteiger partial charge in [0.2, 0.25) is 0 Å². The van der Waals surface area contributed by atoms with Crippen LogP contribution < -0.4 is 11.2 Å². The van der Waals surface area contributed by atoms with Crippen molar-refractivity contribution in [3.05, 3.63) is 69.0 Å². The lowest BCUT2D eigenvalue weighted by molar-refractivity contribution is 0.0924. The predicted octanol–water partition coefficient (Wildman–Crippen LogP) is 3.51. The number of nitrogens with one attached hydrogen (secondary N) is 1. The third-order valence-corrected chi connectivity index (χ3v) is 7.23. The maximum absolute atomic E-state index is 13.0. The Morgan fingerprint density at radius 1 is 1.10 bits per heavy atom. The summed E-state index contributed by atoms with van der Waals surface area (Å²) in [6.45, 7) is 8.00. The van der Waals surface area contributed by atoms with Gasteiger partial charge in [0.15, 0.2) is 0 Å². The third kappa shape index (κ3) is 6.04. The highest BCUT2D eigenvalue weighted by Gasteiger charge is 2.55. The normalized spacial score (nSPS) is 21.0. The zero-order valence-corrected chi connectivity index (χ0v) is 19.3. The Morgan fingerprint density at radius 3 is 2.32 bits per heavy atom. The smallest absolute Gasteiger partial charge is 0.356 e. The van der Waals surface area contributed by atoms with E-state index in [0.29, 0.717) is 13.2 Å². The van der Waals surface area contributed by atoms with E-state index in [1.54, 1.807) is 27.7 Å². The van der Waals surface area contributed by atoms with Crippen molar-refractivity contribution in [2.24, 2.45) is 5.92 Å². The van der Waals surface area contributed by atoms with Gasteiger partial charge in [-0.3, -0.25) is 18.9 Å². The summed E-state index contributed by atoms with van der Waals surface area (Å²) in [5.74, 6) is 0.125. The number of benzene rings is 1. The number of aromatic amines is 1. The molecule has 0 amide bonds. The van der Waals surface area contributed by atoms with Gasteiger partial charge in [-0.1, -0.05) is 30.3 Å². The number of hydrogen-bond donors (Lipinski definition) is 1. The third-order valence-electron chi connectivity index (χ3n) is 5.24. The van der Waals surface area contributed by atoms with Gasteiger partial charge in [0.05, 0.1) is 18.8 Å². The first-order valence-electron chi connectivity index (χ1n) is 10.5. The molecule has 0 aliphatic heterocycles. The zero-order chi connectivity index (χ0) is 22.6. The average molecular weight is 450 g/mol. The number of rotatable bonds is 11. The van der Waals surface area contributed by atoms with E-state index in [1.165, 1.54) is 16.8 Å². The monoisotopic (exact) mass is 450 g/mol. The van der Waals surface area contributed by atoms with Crippen LogP contribution in [0.4, 0.5) is 0 Å². The van der Waals surface area contributed by atoms with Gasteiger partial charge < -0.3 is 13.8 Å². The van der Waals surface area contributed by atoms with Crippen molar-refractivity contribution < 1.29 is 18.3 Å². The Kier molecular flexibility index (Phi) is 7.37. The molecule has 1 heterocycles. The summed E-state index contributed by atoms with van der Waals surface area (Å²) >= 11 is 0. The fourth-order valence-corrected chi connectivity index (χ4v) is 5.70. The molecule has 1 saturated carbocycles. The molecule has 1 aromatic heterocycles. The van der Waals surface area contributed by atoms with Gasteiger partial charge in [-0.15, -0.1) is 0 Å². The Morgan fingerprint density at radius 2 is 1.74 bits per heavy atom. The van der Waals surface area contributed by atoms with E-state index in [4.69, 9.17) is 13.8 Å². The van der Waals surface area contributed by atoms with Crippen LogP contribution in [0.2, 0.25) is 0 Å². The van der Waals surface area contributed by atoms with Crippen molar-refractivity contribution in [1.29, 1.82) is 0 Å². The molecule has 0 unspecified atom stereocenters. The summed E-state index contributed by atoms with van der Waals surface area (Å²) in [4.78, 5) is 26.0. The summed E-state index contributed by atoms with van der Waals surface area (Å²) in [7, 11) is -3.37. The van der Waals surface area contributed by atoms with E-state index >= 15 is 0 Å². The number of aromatic nitrogens is 2. The first-order chi connectivity index (χ1) is 14.6. The molecule has 0 radical (unpaired) electrons. The number of H-pyrrole nitrogens is 1. The maximum atomic E-state index is 13.0. The van der Waals surface area contributed by atoms with Crippen molar-refractivity contribution >= 4 is 7.60 Å². The fourth-order valence-electron chi connectivity index (χ4n) is 3.92. The van der Waals surface area contributed by atoms with Crippen LogP contribution in [0.3, 0.4) is 0 Å². The van der Waals surface area contributed by atoms with Crippen molar-refractivity contribution in [1.82, 2.24) is 9.55 Å². The zero-order valence-electron chi connectivity index (χ0n) is 18.4. The van der Waals surface area contributed by atoms with Crippen molar-refractivity contribution in [3.8, 4) is 0 Å². The quantitative estimate of drug-likeness (QED) is 0.526. The van der Waals surface area contributed by atoms with Gasteiger partial charge in [-0.05, 0) is 45.6 Å². The number of ether oxygens (including phenoxy) is 1. The van der Waals surface area contributed by atoms with E-state index in [2.05, 4.69) is 4.98 Å². The van der Waals surface area contributed by atoms with Gasteiger partial charge in [-0.2, -0.15) is 0 Å². The van der Waals surface area contributed by atoms with Crippen LogP contribution in [0.1, 0.15) is 39.7 Å². The largest absolute Gasteiger partial charge is 0.368 e. The van der Waals surface area contributed by atoms with E-state index < -0.39 is 18.8 Å². The highest BCUT2D eigenvalue weighted by atomic mass is 31.2. The molecule has 170 valence electrons. The molecule has 0 spiro atoms. The molecule has 0 saturated heterocycles. The summed E-state index contributed by atoms with van der Waals surface area (Å²) in [6, 6.07) is 11.3. The predicted molar refractivity (Wildman–Crippen MR) is 118 cm³/mol. The fraction of sp³-hybridized carbons (Fsp3) is 0.545. The molecule has 2 atom stereocenters. The van der Waals surface area contributed by atoms with Gasteiger partial charge in [-0.25, -0.2) is 4.79 Å². The highest BCUT2D eigenvalue weighted by molar-refractivity contribution is 7.53. The molecule has 1 aromatic carbocycles. The van der Waals surface area contributed by atoms with Crippen LogP contribution in [-0.2, 0) is 30.3 Å². The average Bonchev–Trinajstić information content (AvgIpc) is 3.37. The number of nitrogens with zero attached hydrogens (tertiary/aromatic N) is 1. The molecule has 0 bridgehead atoms. The van der Waals surface area contributed by atoms with E-state index in [1.807, 2.05) is 30.3 Å². The molecule has 1 fully saturated rings. The Hall–Kier alpha value is -1.99. The summed E-state index contributed by atoms with van der Waals surface area (Å²) in [5.41, 5.74) is -0.0569. The molecule has 31 heavy (non-hydrogen) atoms. The molecule has 3 rings (SSSR count). The minimum absolute atomic E-state index is 0.122. The van der Waals surface area contributed by atoms with Crippen LogP contribution in [0.25, 0.3) is 0 Å². The van der Waals surface area contributed by atoms with Crippen LogP contribution >= 0.6 is 7.60 Å². The van der Waals surface area contributed by atoms with Crippen LogP contribution in [0.15, 0.2) is 52.2 Å². The second-order valence-corrected chi connectivity index (χ2v) is 10.5. The second kappa shape index (κ2) is 9.65. The van der Waals surface area contributed by atoms with Gasteiger partial charge in [0.1, 0.15) is 6.35 Å². The summed E-state index contributed by atoms with van der Waals surface area (Å²) in [5, 5.41) is 0. The first-order valence-corrected chi connectivity index (χ1v) is 12.3. The van der Waals surface area contributed by atoms with Gasteiger partial charge >= 0.3 is 13.3 Å². The standard InChI is InChI=1S/C22H31N2O6P/c1-16(2)29-31(27,30-17(3)4)15-28-13-19-12-22(19,18-8-6-5-7-9-18)14-24-11-10-20(25)23-21(24)26/h5-11,16-17,19H,12-15H2,1-4H3,(H,23,25,26)/t19-,22+/m1/s1. The van der Waals surface area contributed by atoms with Crippen LogP contribution in [-0.4, -0.2) is 34.7 Å². The molecule has 1 aliphatic carbocycles. The number of hydrogen-bond acceptors (Lipinski definition) is 6. The van der Waals surface area contributed by atoms with Crippen molar-refractivity contribution in [3.63, 3.8) is 0 Å². The van der Waals surface area contributed by atoms with E-state index in [9.17, 15) is 14.2 Å². The maximum Gasteiger partial charge on any atom is 0.356 e. The Labute approximate surface area is 182 Å². The lowest BCUT2D eigenvalue weighted by Crippen LogP contribution is -2.33. The van der Waals surface area contributed by atoms with E-state index in [0.717, 1.165) is 12.0 Å². The SMILES string of the molecule is CC(C)OP(=O)(COC[C@H]1C[C@]1(Cn1ccc(=O)[nH]c1=O)c1ccccc1)OC(C)C.